The van der Waals surface area contributed by atoms with Crippen molar-refractivity contribution in [1.82, 2.24) is 10.3 Å². The van der Waals surface area contributed by atoms with Crippen molar-refractivity contribution in [2.75, 3.05) is 6.54 Å². The van der Waals surface area contributed by atoms with Gasteiger partial charge in [-0.05, 0) is 36.9 Å². The summed E-state index contributed by atoms with van der Waals surface area (Å²) in [6.45, 7) is 3.54. The van der Waals surface area contributed by atoms with Crippen LogP contribution in [-0.4, -0.2) is 28.5 Å². The van der Waals surface area contributed by atoms with Crippen LogP contribution in [0.1, 0.15) is 30.6 Å². The Kier molecular flexibility index (Phi) is 3.79. The van der Waals surface area contributed by atoms with Gasteiger partial charge in [-0.3, -0.25) is 9.59 Å². The number of fused-ring (bicyclic) bond motifs is 1. The van der Waals surface area contributed by atoms with Crippen molar-refractivity contribution in [2.24, 2.45) is 5.41 Å². The Hall–Kier alpha value is -2.30. The van der Waals surface area contributed by atoms with E-state index in [4.69, 9.17) is 0 Å². The quantitative estimate of drug-likeness (QED) is 0.783. The molecule has 0 aliphatic rings. The molecule has 0 fully saturated rings. The fourth-order valence-electron chi connectivity index (χ4n) is 1.92. The SMILES string of the molecule is CCC(C)(CNC(=O)c1ccc2cc[nH]c2c1)C(=O)O. The van der Waals surface area contributed by atoms with Crippen molar-refractivity contribution in [1.29, 1.82) is 0 Å². The third-order valence-corrected chi connectivity index (χ3v) is 3.75. The summed E-state index contributed by atoms with van der Waals surface area (Å²) in [6, 6.07) is 7.27. The molecule has 1 amide bonds. The molecule has 1 unspecified atom stereocenters. The van der Waals surface area contributed by atoms with Gasteiger partial charge in [0.2, 0.25) is 0 Å². The summed E-state index contributed by atoms with van der Waals surface area (Å²) in [5, 5.41) is 12.9. The Morgan fingerprint density at radius 3 is 2.75 bits per heavy atom. The molecule has 106 valence electrons. The zero-order valence-corrected chi connectivity index (χ0v) is 11.6. The Morgan fingerprint density at radius 2 is 2.10 bits per heavy atom. The lowest BCUT2D eigenvalue weighted by molar-refractivity contribution is -0.147. The second-order valence-electron chi connectivity index (χ2n) is 5.18. The highest BCUT2D eigenvalue weighted by molar-refractivity contribution is 5.98. The molecule has 2 rings (SSSR count). The number of nitrogens with one attached hydrogen (secondary N) is 2. The van der Waals surface area contributed by atoms with Gasteiger partial charge in [0, 0.05) is 23.8 Å². The Morgan fingerprint density at radius 1 is 1.35 bits per heavy atom. The summed E-state index contributed by atoms with van der Waals surface area (Å²) in [5.41, 5.74) is 0.463. The zero-order chi connectivity index (χ0) is 14.8. The van der Waals surface area contributed by atoms with Crippen LogP contribution >= 0.6 is 0 Å². The molecule has 5 nitrogen and oxygen atoms in total. The highest BCUT2D eigenvalue weighted by Gasteiger charge is 2.31. The van der Waals surface area contributed by atoms with E-state index in [0.717, 1.165) is 10.9 Å². The number of amides is 1. The highest BCUT2D eigenvalue weighted by Crippen LogP contribution is 2.20. The molecule has 0 bridgehead atoms. The molecule has 0 saturated heterocycles. The topological polar surface area (TPSA) is 82.2 Å². The van der Waals surface area contributed by atoms with E-state index in [9.17, 15) is 14.7 Å². The van der Waals surface area contributed by atoms with E-state index in [1.54, 1.807) is 26.0 Å². The van der Waals surface area contributed by atoms with E-state index in [1.807, 2.05) is 18.3 Å². The fraction of sp³-hybridized carbons (Fsp3) is 0.333. The normalized spacial score (nSPS) is 13.9. The first-order valence-corrected chi connectivity index (χ1v) is 6.55. The summed E-state index contributed by atoms with van der Waals surface area (Å²) in [6.07, 6.45) is 2.27. The molecule has 0 radical (unpaired) electrons. The van der Waals surface area contributed by atoms with Crippen LogP contribution in [0.25, 0.3) is 10.9 Å². The number of carbonyl (C=O) groups is 2. The number of benzene rings is 1. The maximum absolute atomic E-state index is 12.1. The minimum absolute atomic E-state index is 0.112. The van der Waals surface area contributed by atoms with Gasteiger partial charge >= 0.3 is 5.97 Å². The Bertz CT molecular complexity index is 647. The first-order valence-electron chi connectivity index (χ1n) is 6.55. The molecule has 1 atom stereocenters. The average molecular weight is 274 g/mol. The van der Waals surface area contributed by atoms with Crippen molar-refractivity contribution < 1.29 is 14.7 Å². The molecular weight excluding hydrogens is 256 g/mol. The maximum Gasteiger partial charge on any atom is 0.311 e. The largest absolute Gasteiger partial charge is 0.481 e. The number of carbonyl (C=O) groups excluding carboxylic acids is 1. The van der Waals surface area contributed by atoms with Gasteiger partial charge in [-0.2, -0.15) is 0 Å². The second kappa shape index (κ2) is 5.36. The van der Waals surface area contributed by atoms with Gasteiger partial charge in [0.15, 0.2) is 0 Å². The number of aliphatic carboxylic acids is 1. The molecule has 1 aromatic heterocycles. The third-order valence-electron chi connectivity index (χ3n) is 3.75. The van der Waals surface area contributed by atoms with Crippen LogP contribution in [-0.2, 0) is 4.79 Å². The smallest absolute Gasteiger partial charge is 0.311 e. The van der Waals surface area contributed by atoms with E-state index in [1.165, 1.54) is 0 Å². The number of carboxylic acid groups (broad SMARTS) is 1. The lowest BCUT2D eigenvalue weighted by Crippen LogP contribution is -2.40. The molecule has 0 saturated carbocycles. The van der Waals surface area contributed by atoms with Crippen LogP contribution < -0.4 is 5.32 Å². The standard InChI is InChI=1S/C15H18N2O3/c1-3-15(2,14(19)20)9-17-13(18)11-5-4-10-6-7-16-12(10)8-11/h4-8,16H,3,9H2,1-2H3,(H,17,18)(H,19,20). The molecular formula is C15H18N2O3. The van der Waals surface area contributed by atoms with E-state index < -0.39 is 11.4 Å². The number of aromatic nitrogens is 1. The molecule has 0 aliphatic heterocycles. The van der Waals surface area contributed by atoms with Crippen LogP contribution in [0.5, 0.6) is 0 Å². The third kappa shape index (κ3) is 2.66. The average Bonchev–Trinajstić information content (AvgIpc) is 2.91. The Labute approximate surface area is 117 Å². The summed E-state index contributed by atoms with van der Waals surface area (Å²) >= 11 is 0. The highest BCUT2D eigenvalue weighted by atomic mass is 16.4. The number of aromatic amines is 1. The van der Waals surface area contributed by atoms with Gasteiger partial charge in [0.05, 0.1) is 5.41 Å². The molecule has 1 aromatic carbocycles. The van der Waals surface area contributed by atoms with Crippen LogP contribution in [0.4, 0.5) is 0 Å². The van der Waals surface area contributed by atoms with Gasteiger partial charge in [-0.25, -0.2) is 0 Å². The van der Waals surface area contributed by atoms with Gasteiger partial charge in [-0.1, -0.05) is 13.0 Å². The van der Waals surface area contributed by atoms with Crippen molar-refractivity contribution in [2.45, 2.75) is 20.3 Å². The van der Waals surface area contributed by atoms with Crippen molar-refractivity contribution >= 4 is 22.8 Å². The molecule has 2 aromatic rings. The van der Waals surface area contributed by atoms with Crippen molar-refractivity contribution in [3.63, 3.8) is 0 Å². The van der Waals surface area contributed by atoms with Gasteiger partial charge < -0.3 is 15.4 Å². The van der Waals surface area contributed by atoms with Gasteiger partial charge in [-0.15, -0.1) is 0 Å². The summed E-state index contributed by atoms with van der Waals surface area (Å²) in [7, 11) is 0. The van der Waals surface area contributed by atoms with Crippen LogP contribution in [0.15, 0.2) is 30.5 Å². The summed E-state index contributed by atoms with van der Waals surface area (Å²) in [4.78, 5) is 26.3. The van der Waals surface area contributed by atoms with Crippen molar-refractivity contribution in [3.8, 4) is 0 Å². The maximum atomic E-state index is 12.1. The van der Waals surface area contributed by atoms with Crippen molar-refractivity contribution in [3.05, 3.63) is 36.0 Å². The summed E-state index contributed by atoms with van der Waals surface area (Å²) < 4.78 is 0. The first kappa shape index (κ1) is 14.1. The molecule has 20 heavy (non-hydrogen) atoms. The minimum Gasteiger partial charge on any atom is -0.481 e. The molecule has 0 spiro atoms. The number of H-pyrrole nitrogens is 1. The Balaban J connectivity index is 2.10. The summed E-state index contributed by atoms with van der Waals surface area (Å²) in [5.74, 6) is -1.16. The van der Waals surface area contributed by atoms with E-state index >= 15 is 0 Å². The predicted molar refractivity (Wildman–Crippen MR) is 76.7 cm³/mol. The van der Waals surface area contributed by atoms with Crippen LogP contribution in [0.2, 0.25) is 0 Å². The van der Waals surface area contributed by atoms with Crippen LogP contribution in [0.3, 0.4) is 0 Å². The zero-order valence-electron chi connectivity index (χ0n) is 11.6. The second-order valence-corrected chi connectivity index (χ2v) is 5.18. The number of hydrogen-bond donors (Lipinski definition) is 3. The van der Waals surface area contributed by atoms with Crippen LogP contribution in [0, 0.1) is 5.41 Å². The minimum atomic E-state index is -0.938. The fourth-order valence-corrected chi connectivity index (χ4v) is 1.92. The number of rotatable bonds is 5. The predicted octanol–water partition coefficient (Wildman–Crippen LogP) is 2.40. The van der Waals surface area contributed by atoms with E-state index in [0.29, 0.717) is 12.0 Å². The van der Waals surface area contributed by atoms with E-state index in [-0.39, 0.29) is 12.5 Å². The number of hydrogen-bond acceptors (Lipinski definition) is 2. The van der Waals surface area contributed by atoms with Gasteiger partial charge in [0.25, 0.3) is 5.91 Å². The number of carboxylic acids is 1. The first-order chi connectivity index (χ1) is 9.46. The lowest BCUT2D eigenvalue weighted by Gasteiger charge is -2.23. The lowest BCUT2D eigenvalue weighted by atomic mass is 9.87. The van der Waals surface area contributed by atoms with E-state index in [2.05, 4.69) is 10.3 Å². The molecule has 5 heteroatoms. The molecule has 1 heterocycles. The molecule has 3 N–H and O–H groups in total. The monoisotopic (exact) mass is 274 g/mol. The molecule has 0 aliphatic carbocycles. The van der Waals surface area contributed by atoms with Gasteiger partial charge in [0.1, 0.15) is 0 Å².